The third-order valence-corrected chi connectivity index (χ3v) is 3.79. The van der Waals surface area contributed by atoms with Crippen LogP contribution in [0.3, 0.4) is 0 Å². The molecule has 1 unspecified atom stereocenters. The number of halogens is 1. The van der Waals surface area contributed by atoms with Crippen molar-refractivity contribution < 1.29 is 9.53 Å². The monoisotopic (exact) mass is 326 g/mol. The summed E-state index contributed by atoms with van der Waals surface area (Å²) in [6.07, 6.45) is 1.02. The van der Waals surface area contributed by atoms with Crippen molar-refractivity contribution in [2.75, 3.05) is 31.6 Å². The molecule has 1 fully saturated rings. The predicted molar refractivity (Wildman–Crippen MR) is 79.5 cm³/mol. The summed E-state index contributed by atoms with van der Waals surface area (Å²) in [5, 5.41) is 3.11. The Morgan fingerprint density at radius 2 is 2.32 bits per heavy atom. The molecule has 0 radical (unpaired) electrons. The lowest BCUT2D eigenvalue weighted by Crippen LogP contribution is -2.47. The van der Waals surface area contributed by atoms with Gasteiger partial charge in [-0.15, -0.1) is 0 Å². The van der Waals surface area contributed by atoms with E-state index < -0.39 is 0 Å². The number of ether oxygens (including phenoxy) is 1. The molecule has 1 atom stereocenters. The molecule has 1 aromatic carbocycles. The van der Waals surface area contributed by atoms with Crippen LogP contribution in [0.2, 0.25) is 0 Å². The minimum atomic E-state index is 0.0335. The Kier molecular flexibility index (Phi) is 4.96. The van der Waals surface area contributed by atoms with Crippen molar-refractivity contribution in [3.63, 3.8) is 0 Å². The summed E-state index contributed by atoms with van der Waals surface area (Å²) in [5.74, 6) is 0.0335. The second kappa shape index (κ2) is 6.50. The summed E-state index contributed by atoms with van der Waals surface area (Å²) in [5.41, 5.74) is 2.07. The Hall–Kier alpha value is -0.910. The molecule has 5 heteroatoms. The number of nitrogens with zero attached hydrogens (tertiary/aromatic N) is 1. The molecule has 1 aliphatic rings. The standard InChI is InChI=1S/C14H19BrN2O2/c1-10-7-11(15)3-4-13(10)17-8-12(5-6-16-2)19-9-14(17)18/h3-4,7,12,16H,5-6,8-9H2,1-2H3. The fourth-order valence-electron chi connectivity index (χ4n) is 2.26. The lowest BCUT2D eigenvalue weighted by atomic mass is 10.1. The van der Waals surface area contributed by atoms with Crippen LogP contribution >= 0.6 is 15.9 Å². The van der Waals surface area contributed by atoms with Crippen LogP contribution in [0.15, 0.2) is 22.7 Å². The summed E-state index contributed by atoms with van der Waals surface area (Å²) in [4.78, 5) is 13.9. The predicted octanol–water partition coefficient (Wildman–Crippen LogP) is 2.10. The summed E-state index contributed by atoms with van der Waals surface area (Å²) in [6.45, 7) is 3.71. The highest BCUT2D eigenvalue weighted by Gasteiger charge is 2.27. The molecule has 2 rings (SSSR count). The first kappa shape index (κ1) is 14.5. The van der Waals surface area contributed by atoms with Gasteiger partial charge >= 0.3 is 0 Å². The lowest BCUT2D eigenvalue weighted by Gasteiger charge is -2.33. The van der Waals surface area contributed by atoms with E-state index in [2.05, 4.69) is 21.2 Å². The topological polar surface area (TPSA) is 41.6 Å². The van der Waals surface area contributed by atoms with Crippen molar-refractivity contribution in [1.82, 2.24) is 5.32 Å². The van der Waals surface area contributed by atoms with Crippen molar-refractivity contribution in [2.45, 2.75) is 19.4 Å². The summed E-state index contributed by atoms with van der Waals surface area (Å²) in [7, 11) is 1.92. The second-order valence-corrected chi connectivity index (χ2v) is 5.68. The molecule has 4 nitrogen and oxygen atoms in total. The second-order valence-electron chi connectivity index (χ2n) is 4.76. The Balaban J connectivity index is 2.14. The normalized spacial score (nSPS) is 19.8. The molecule has 1 aliphatic heterocycles. The Morgan fingerprint density at radius 3 is 3.00 bits per heavy atom. The largest absolute Gasteiger partial charge is 0.366 e. The van der Waals surface area contributed by atoms with E-state index in [4.69, 9.17) is 4.74 Å². The summed E-state index contributed by atoms with van der Waals surface area (Å²) in [6, 6.07) is 5.98. The third kappa shape index (κ3) is 3.55. The van der Waals surface area contributed by atoms with Gasteiger partial charge in [-0.25, -0.2) is 0 Å². The molecule has 0 bridgehead atoms. The molecule has 1 aromatic rings. The Morgan fingerprint density at radius 1 is 1.53 bits per heavy atom. The number of anilines is 1. The highest BCUT2D eigenvalue weighted by Crippen LogP contribution is 2.26. The first-order valence-electron chi connectivity index (χ1n) is 6.44. The SMILES string of the molecule is CNCCC1CN(c2ccc(Br)cc2C)C(=O)CO1. The van der Waals surface area contributed by atoms with E-state index in [9.17, 15) is 4.79 Å². The maximum Gasteiger partial charge on any atom is 0.253 e. The quantitative estimate of drug-likeness (QED) is 0.921. The molecule has 104 valence electrons. The average Bonchev–Trinajstić information content (AvgIpc) is 2.38. The molecule has 0 aromatic heterocycles. The van der Waals surface area contributed by atoms with Crippen LogP contribution in [-0.4, -0.2) is 38.8 Å². The molecule has 1 amide bonds. The maximum absolute atomic E-state index is 12.0. The van der Waals surface area contributed by atoms with Gasteiger partial charge in [0, 0.05) is 10.2 Å². The van der Waals surface area contributed by atoms with Gasteiger partial charge in [0.15, 0.2) is 0 Å². The minimum Gasteiger partial charge on any atom is -0.366 e. The van der Waals surface area contributed by atoms with Crippen molar-refractivity contribution in [3.05, 3.63) is 28.2 Å². The molecule has 0 aliphatic carbocycles. The van der Waals surface area contributed by atoms with Gasteiger partial charge in [-0.05, 0) is 50.7 Å². The van der Waals surface area contributed by atoms with Crippen LogP contribution in [0.5, 0.6) is 0 Å². The maximum atomic E-state index is 12.0. The van der Waals surface area contributed by atoms with Crippen LogP contribution in [0.1, 0.15) is 12.0 Å². The summed E-state index contributed by atoms with van der Waals surface area (Å²) < 4.78 is 6.60. The van der Waals surface area contributed by atoms with E-state index in [1.165, 1.54) is 0 Å². The zero-order valence-electron chi connectivity index (χ0n) is 11.3. The van der Waals surface area contributed by atoms with Crippen molar-refractivity contribution in [2.24, 2.45) is 0 Å². The Labute approximate surface area is 122 Å². The van der Waals surface area contributed by atoms with Gasteiger partial charge in [0.05, 0.1) is 12.6 Å². The number of nitrogens with one attached hydrogen (secondary N) is 1. The van der Waals surface area contributed by atoms with E-state index >= 15 is 0 Å². The number of hydrogen-bond donors (Lipinski definition) is 1. The Bertz CT molecular complexity index is 465. The van der Waals surface area contributed by atoms with E-state index in [1.807, 2.05) is 37.1 Å². The summed E-state index contributed by atoms with van der Waals surface area (Å²) >= 11 is 3.45. The van der Waals surface area contributed by atoms with Crippen LogP contribution < -0.4 is 10.2 Å². The first-order valence-corrected chi connectivity index (χ1v) is 7.24. The molecule has 0 saturated carbocycles. The van der Waals surface area contributed by atoms with E-state index in [-0.39, 0.29) is 18.6 Å². The molecule has 1 saturated heterocycles. The van der Waals surface area contributed by atoms with Gasteiger partial charge in [0.2, 0.25) is 0 Å². The smallest absolute Gasteiger partial charge is 0.253 e. The molecule has 0 spiro atoms. The molecular formula is C14H19BrN2O2. The van der Waals surface area contributed by atoms with Gasteiger partial charge in [0.25, 0.3) is 5.91 Å². The average molecular weight is 327 g/mol. The fraction of sp³-hybridized carbons (Fsp3) is 0.500. The van der Waals surface area contributed by atoms with Gasteiger partial charge in [-0.2, -0.15) is 0 Å². The lowest BCUT2D eigenvalue weighted by molar-refractivity contribution is -0.129. The number of morpholine rings is 1. The molecule has 1 N–H and O–H groups in total. The van der Waals surface area contributed by atoms with Crippen molar-refractivity contribution in [3.8, 4) is 0 Å². The van der Waals surface area contributed by atoms with E-state index in [0.29, 0.717) is 6.54 Å². The molecule has 1 heterocycles. The van der Waals surface area contributed by atoms with Gasteiger partial charge in [-0.1, -0.05) is 15.9 Å². The number of carbonyl (C=O) groups is 1. The minimum absolute atomic E-state index is 0.0335. The van der Waals surface area contributed by atoms with Crippen LogP contribution in [0.25, 0.3) is 0 Å². The number of benzene rings is 1. The van der Waals surface area contributed by atoms with Gasteiger partial charge in [-0.3, -0.25) is 4.79 Å². The number of hydrogen-bond acceptors (Lipinski definition) is 3. The third-order valence-electron chi connectivity index (χ3n) is 3.30. The van der Waals surface area contributed by atoms with Crippen LogP contribution in [0.4, 0.5) is 5.69 Å². The number of amides is 1. The molecular weight excluding hydrogens is 308 g/mol. The van der Waals surface area contributed by atoms with E-state index in [0.717, 1.165) is 28.7 Å². The van der Waals surface area contributed by atoms with Gasteiger partial charge < -0.3 is 15.0 Å². The highest BCUT2D eigenvalue weighted by atomic mass is 79.9. The first-order chi connectivity index (χ1) is 9.11. The van der Waals surface area contributed by atoms with Gasteiger partial charge in [0.1, 0.15) is 6.61 Å². The molecule has 19 heavy (non-hydrogen) atoms. The van der Waals surface area contributed by atoms with Crippen molar-refractivity contribution >= 4 is 27.5 Å². The highest BCUT2D eigenvalue weighted by molar-refractivity contribution is 9.10. The zero-order chi connectivity index (χ0) is 13.8. The number of carbonyl (C=O) groups excluding carboxylic acids is 1. The fourth-order valence-corrected chi connectivity index (χ4v) is 2.74. The number of aryl methyl sites for hydroxylation is 1. The van der Waals surface area contributed by atoms with Crippen LogP contribution in [0, 0.1) is 6.92 Å². The number of rotatable bonds is 4. The zero-order valence-corrected chi connectivity index (χ0v) is 12.9. The van der Waals surface area contributed by atoms with Crippen molar-refractivity contribution in [1.29, 1.82) is 0 Å². The van der Waals surface area contributed by atoms with E-state index in [1.54, 1.807) is 0 Å². The van der Waals surface area contributed by atoms with Crippen LogP contribution in [-0.2, 0) is 9.53 Å².